The number of hydrogen-bond donors (Lipinski definition) is 1. The molecular formula is C31H39N2O3P. The number of ether oxygens (including phenoxy) is 2. The highest BCUT2D eigenvalue weighted by Crippen LogP contribution is 2.48. The zero-order chi connectivity index (χ0) is 26.6. The van der Waals surface area contributed by atoms with Crippen LogP contribution in [0.1, 0.15) is 54.4 Å². The van der Waals surface area contributed by atoms with Gasteiger partial charge < -0.3 is 19.4 Å². The molecule has 0 aromatic heterocycles. The van der Waals surface area contributed by atoms with E-state index in [1.807, 2.05) is 82.3 Å². The third kappa shape index (κ3) is 5.62. The summed E-state index contributed by atoms with van der Waals surface area (Å²) in [6, 6.07) is 18.1. The number of aliphatic imine (C=N–C) groups is 1. The minimum absolute atomic E-state index is 0.147. The summed E-state index contributed by atoms with van der Waals surface area (Å²) in [6.07, 6.45) is 5.57. The number of rotatable bonds is 7. The standard InChI is InChI=1S/C31H39N2O3P/c1-21-17-27(18-22(2)29(21)35-5)37(34,28-19-23(3)30(36-6)24(4)20-28)31(32-25-13-9-7-10-14-25)33-26-15-11-8-12-16-26/h7,9-10,13-14,17-20,26H,8,11-12,15-16H2,1-6H3,(H,32,33). The van der Waals surface area contributed by atoms with Crippen LogP contribution in [0.2, 0.25) is 0 Å². The fourth-order valence-corrected chi connectivity index (χ4v) is 8.38. The Balaban J connectivity index is 2.00. The average Bonchev–Trinajstić information content (AvgIpc) is 2.88. The normalized spacial score (nSPS) is 14.9. The van der Waals surface area contributed by atoms with Crippen molar-refractivity contribution in [3.05, 3.63) is 76.9 Å². The van der Waals surface area contributed by atoms with Gasteiger partial charge in [-0.1, -0.05) is 37.5 Å². The first-order valence-corrected chi connectivity index (χ1v) is 14.8. The molecule has 1 aliphatic carbocycles. The van der Waals surface area contributed by atoms with Gasteiger partial charge in [0.1, 0.15) is 11.5 Å². The van der Waals surface area contributed by atoms with Crippen LogP contribution in [-0.4, -0.2) is 25.8 Å². The van der Waals surface area contributed by atoms with Crippen LogP contribution >= 0.6 is 7.14 Å². The summed E-state index contributed by atoms with van der Waals surface area (Å²) in [5.74, 6) is 1.64. The number of nitrogens with zero attached hydrogens (tertiary/aromatic N) is 1. The van der Waals surface area contributed by atoms with Crippen molar-refractivity contribution < 1.29 is 14.0 Å². The van der Waals surface area contributed by atoms with Gasteiger partial charge in [-0.3, -0.25) is 4.99 Å². The van der Waals surface area contributed by atoms with Crippen molar-refractivity contribution in [2.24, 2.45) is 4.99 Å². The molecule has 5 nitrogen and oxygen atoms in total. The molecular weight excluding hydrogens is 479 g/mol. The second-order valence-electron chi connectivity index (χ2n) is 10.1. The maximum absolute atomic E-state index is 15.7. The van der Waals surface area contributed by atoms with E-state index in [0.29, 0.717) is 5.58 Å². The van der Waals surface area contributed by atoms with E-state index in [4.69, 9.17) is 14.5 Å². The van der Waals surface area contributed by atoms with Crippen LogP contribution in [0.3, 0.4) is 0 Å². The molecule has 4 rings (SSSR count). The predicted octanol–water partition coefficient (Wildman–Crippen LogP) is 7.05. The van der Waals surface area contributed by atoms with Crippen molar-refractivity contribution in [3.63, 3.8) is 0 Å². The summed E-state index contributed by atoms with van der Waals surface area (Å²) in [7, 11) is -0.0504. The molecule has 196 valence electrons. The van der Waals surface area contributed by atoms with Crippen LogP contribution in [0.15, 0.2) is 59.6 Å². The Morgan fingerprint density at radius 1 is 0.784 bits per heavy atom. The maximum Gasteiger partial charge on any atom is 0.204 e. The van der Waals surface area contributed by atoms with Gasteiger partial charge in [-0.2, -0.15) is 0 Å². The molecule has 0 spiro atoms. The molecule has 0 unspecified atom stereocenters. The maximum atomic E-state index is 15.7. The smallest absolute Gasteiger partial charge is 0.204 e. The Kier molecular flexibility index (Phi) is 8.44. The van der Waals surface area contributed by atoms with Crippen molar-refractivity contribution in [3.8, 4) is 11.5 Å². The van der Waals surface area contributed by atoms with Crippen LogP contribution in [0, 0.1) is 27.7 Å². The van der Waals surface area contributed by atoms with Crippen LogP contribution in [0.5, 0.6) is 11.5 Å². The SMILES string of the molecule is COc1c(C)cc(P(=O)(C(=NC2CCCCC2)Nc2ccccc2)c2cc(C)c(OC)c(C)c2)cc1C. The molecule has 6 heteroatoms. The van der Waals surface area contributed by atoms with Gasteiger partial charge >= 0.3 is 0 Å². The van der Waals surface area contributed by atoms with Crippen LogP contribution < -0.4 is 25.4 Å². The molecule has 0 amide bonds. The molecule has 0 atom stereocenters. The van der Waals surface area contributed by atoms with Gasteiger partial charge in [0.05, 0.1) is 20.3 Å². The van der Waals surface area contributed by atoms with E-state index < -0.39 is 7.14 Å². The van der Waals surface area contributed by atoms with Gasteiger partial charge in [-0.05, 0) is 99.2 Å². The van der Waals surface area contributed by atoms with Gasteiger partial charge in [-0.15, -0.1) is 0 Å². The number of aryl methyl sites for hydroxylation is 4. The number of methoxy groups -OCH3 is 2. The van der Waals surface area contributed by atoms with E-state index in [2.05, 4.69) is 5.32 Å². The van der Waals surface area contributed by atoms with Crippen LogP contribution in [0.4, 0.5) is 5.69 Å². The van der Waals surface area contributed by atoms with E-state index in [9.17, 15) is 0 Å². The van der Waals surface area contributed by atoms with Crippen molar-refractivity contribution in [2.75, 3.05) is 19.5 Å². The molecule has 0 bridgehead atoms. The lowest BCUT2D eigenvalue weighted by atomic mass is 9.96. The number of amidine groups is 1. The lowest BCUT2D eigenvalue weighted by Crippen LogP contribution is -2.30. The Bertz CT molecular complexity index is 1220. The third-order valence-corrected chi connectivity index (χ3v) is 10.0. The Morgan fingerprint density at radius 2 is 1.24 bits per heavy atom. The van der Waals surface area contributed by atoms with Crippen molar-refractivity contribution in [1.29, 1.82) is 0 Å². The molecule has 0 radical (unpaired) electrons. The summed E-state index contributed by atoms with van der Waals surface area (Å²) < 4.78 is 27.0. The summed E-state index contributed by atoms with van der Waals surface area (Å²) in [5, 5.41) is 5.03. The predicted molar refractivity (Wildman–Crippen MR) is 156 cm³/mol. The molecule has 1 N–H and O–H groups in total. The van der Waals surface area contributed by atoms with Crippen LogP contribution in [-0.2, 0) is 4.57 Å². The van der Waals surface area contributed by atoms with E-state index in [1.165, 1.54) is 6.42 Å². The highest BCUT2D eigenvalue weighted by molar-refractivity contribution is 7.93. The number of benzene rings is 3. The van der Waals surface area contributed by atoms with E-state index in [-0.39, 0.29) is 6.04 Å². The molecule has 0 saturated heterocycles. The number of nitrogens with one attached hydrogen (secondary N) is 1. The molecule has 3 aromatic rings. The molecule has 0 aliphatic heterocycles. The summed E-state index contributed by atoms with van der Waals surface area (Å²) in [4.78, 5) is 5.24. The number of anilines is 1. The van der Waals surface area contributed by atoms with Crippen molar-refractivity contribution in [1.82, 2.24) is 0 Å². The molecule has 1 aliphatic rings. The first-order valence-electron chi connectivity index (χ1n) is 13.1. The average molecular weight is 519 g/mol. The zero-order valence-corrected chi connectivity index (χ0v) is 23.8. The molecule has 1 saturated carbocycles. The first-order chi connectivity index (χ1) is 17.8. The summed E-state index contributed by atoms with van der Waals surface area (Å²) in [6.45, 7) is 8.03. The third-order valence-electron chi connectivity index (χ3n) is 7.23. The summed E-state index contributed by atoms with van der Waals surface area (Å²) in [5.41, 5.74) is 5.24. The lowest BCUT2D eigenvalue weighted by Gasteiger charge is -2.27. The second-order valence-corrected chi connectivity index (χ2v) is 12.7. The molecule has 37 heavy (non-hydrogen) atoms. The highest BCUT2D eigenvalue weighted by Gasteiger charge is 2.37. The lowest BCUT2D eigenvalue weighted by molar-refractivity contribution is 0.408. The molecule has 3 aromatic carbocycles. The topological polar surface area (TPSA) is 59.9 Å². The van der Waals surface area contributed by atoms with Gasteiger partial charge in [0.2, 0.25) is 7.14 Å². The van der Waals surface area contributed by atoms with Crippen molar-refractivity contribution >= 4 is 29.0 Å². The fourth-order valence-electron chi connectivity index (χ4n) is 5.48. The minimum atomic E-state index is -3.41. The Morgan fingerprint density at radius 3 is 1.68 bits per heavy atom. The fraction of sp³-hybridized carbons (Fsp3) is 0.387. The second kappa shape index (κ2) is 11.6. The number of hydrogen-bond acceptors (Lipinski definition) is 4. The zero-order valence-electron chi connectivity index (χ0n) is 22.9. The van der Waals surface area contributed by atoms with Gasteiger partial charge in [0, 0.05) is 16.3 Å². The quantitative estimate of drug-likeness (QED) is 0.207. The Hall–Kier alpha value is -3.04. The minimum Gasteiger partial charge on any atom is -0.496 e. The highest BCUT2D eigenvalue weighted by atomic mass is 31.2. The monoisotopic (exact) mass is 518 g/mol. The molecule has 0 heterocycles. The van der Waals surface area contributed by atoms with Gasteiger partial charge in [0.15, 0.2) is 5.58 Å². The van der Waals surface area contributed by atoms with Crippen molar-refractivity contribution in [2.45, 2.75) is 65.8 Å². The van der Waals surface area contributed by atoms with E-state index in [1.54, 1.807) is 14.2 Å². The van der Waals surface area contributed by atoms with E-state index >= 15 is 4.57 Å². The Labute approximate surface area is 221 Å². The summed E-state index contributed by atoms with van der Waals surface area (Å²) >= 11 is 0. The van der Waals surface area contributed by atoms with Gasteiger partial charge in [0.25, 0.3) is 0 Å². The molecule has 1 fully saturated rings. The van der Waals surface area contributed by atoms with Crippen LogP contribution in [0.25, 0.3) is 0 Å². The van der Waals surface area contributed by atoms with E-state index in [0.717, 1.165) is 75.7 Å². The first kappa shape index (κ1) is 27.0. The van der Waals surface area contributed by atoms with Gasteiger partial charge in [-0.25, -0.2) is 0 Å². The largest absolute Gasteiger partial charge is 0.496 e. The number of para-hydroxylation sites is 1.